The molecule has 3 atom stereocenters. The van der Waals surface area contributed by atoms with Gasteiger partial charge in [-0.05, 0) is 31.5 Å². The molecule has 5 heteroatoms. The molecule has 0 aromatic heterocycles. The first-order valence-electron chi connectivity index (χ1n) is 7.19. The molecule has 0 aliphatic heterocycles. The average Bonchev–Trinajstić information content (AvgIpc) is 2.82. The van der Waals surface area contributed by atoms with Crippen molar-refractivity contribution in [2.75, 3.05) is 11.4 Å². The Bertz CT molecular complexity index is 492. The molecule has 3 unspecified atom stereocenters. The summed E-state index contributed by atoms with van der Waals surface area (Å²) in [5, 5.41) is 3.52. The number of likely N-dealkylation sites (N-methyl/N-ethyl adjacent to an activating group) is 1. The van der Waals surface area contributed by atoms with Crippen LogP contribution < -0.4 is 10.2 Å². The number of nitrogens with zero attached hydrogens (tertiary/aromatic N) is 1. The second-order valence-corrected chi connectivity index (χ2v) is 6.01. The molecule has 1 N–H and O–H groups in total. The van der Waals surface area contributed by atoms with E-state index in [9.17, 15) is 4.79 Å². The van der Waals surface area contributed by atoms with Gasteiger partial charge in [0.2, 0.25) is 0 Å². The van der Waals surface area contributed by atoms with E-state index >= 15 is 0 Å². The Morgan fingerprint density at radius 3 is 2.71 bits per heavy atom. The van der Waals surface area contributed by atoms with E-state index in [1.807, 2.05) is 30.3 Å². The quantitative estimate of drug-likeness (QED) is 0.663. The van der Waals surface area contributed by atoms with Crippen LogP contribution in [0.1, 0.15) is 19.8 Å². The van der Waals surface area contributed by atoms with E-state index in [-0.39, 0.29) is 23.4 Å². The van der Waals surface area contributed by atoms with Crippen LogP contribution in [0.5, 0.6) is 0 Å². The Morgan fingerprint density at radius 2 is 2.10 bits per heavy atom. The van der Waals surface area contributed by atoms with Gasteiger partial charge in [0.05, 0.1) is 6.04 Å². The number of carbonyl (C=O) groups is 1. The van der Waals surface area contributed by atoms with Crippen molar-refractivity contribution in [3.63, 3.8) is 0 Å². The highest BCUT2D eigenvalue weighted by Crippen LogP contribution is 2.32. The lowest BCUT2D eigenvalue weighted by molar-refractivity contribution is -0.114. The Kier molecular flexibility index (Phi) is 6.09. The van der Waals surface area contributed by atoms with Gasteiger partial charge in [-0.1, -0.05) is 36.7 Å². The van der Waals surface area contributed by atoms with Gasteiger partial charge < -0.3 is 10.2 Å². The fourth-order valence-corrected chi connectivity index (χ4v) is 3.41. The van der Waals surface area contributed by atoms with Crippen LogP contribution in [0, 0.1) is 0 Å². The van der Waals surface area contributed by atoms with Crippen LogP contribution in [-0.2, 0) is 4.79 Å². The Balaban J connectivity index is 2.32. The van der Waals surface area contributed by atoms with E-state index in [4.69, 9.17) is 23.2 Å². The molecule has 0 bridgehead atoms. The van der Waals surface area contributed by atoms with Crippen molar-refractivity contribution in [1.29, 1.82) is 0 Å². The third-order valence-electron chi connectivity index (χ3n) is 3.75. The smallest absolute Gasteiger partial charge is 0.252 e. The minimum Gasteiger partial charge on any atom is -0.312 e. The third-order valence-corrected chi connectivity index (χ3v) is 4.23. The maximum atomic E-state index is 12.5. The van der Waals surface area contributed by atoms with Crippen LogP contribution in [0.25, 0.3) is 0 Å². The third kappa shape index (κ3) is 4.00. The molecular formula is C16H20Cl2N2O. The molecule has 0 heterocycles. The summed E-state index contributed by atoms with van der Waals surface area (Å²) < 4.78 is 0. The number of alkyl halides is 1. The number of benzene rings is 1. The molecule has 1 saturated carbocycles. The summed E-state index contributed by atoms with van der Waals surface area (Å²) in [7, 11) is 0. The molecule has 1 amide bonds. The molecule has 3 nitrogen and oxygen atoms in total. The lowest BCUT2D eigenvalue weighted by Crippen LogP contribution is -2.49. The minimum absolute atomic E-state index is 0.0372. The van der Waals surface area contributed by atoms with Gasteiger partial charge in [0, 0.05) is 28.7 Å². The zero-order chi connectivity index (χ0) is 15.2. The van der Waals surface area contributed by atoms with Crippen LogP contribution in [0.4, 0.5) is 5.69 Å². The molecule has 1 aromatic rings. The van der Waals surface area contributed by atoms with Crippen molar-refractivity contribution in [3.05, 3.63) is 41.9 Å². The highest BCUT2D eigenvalue weighted by molar-refractivity contribution is 6.27. The molecule has 1 aliphatic carbocycles. The Morgan fingerprint density at radius 1 is 1.38 bits per heavy atom. The number of amides is 1. The van der Waals surface area contributed by atoms with Crippen LogP contribution in [-0.4, -0.2) is 29.9 Å². The van der Waals surface area contributed by atoms with Gasteiger partial charge in [-0.15, -0.1) is 11.6 Å². The summed E-state index contributed by atoms with van der Waals surface area (Å²) in [6.45, 7) is 2.92. The second kappa shape index (κ2) is 7.83. The molecule has 1 fully saturated rings. The highest BCUT2D eigenvalue weighted by atomic mass is 35.5. The molecule has 0 saturated heterocycles. The van der Waals surface area contributed by atoms with Crippen molar-refractivity contribution in [2.24, 2.45) is 0 Å². The number of hydrogen-bond acceptors (Lipinski definition) is 2. The fraction of sp³-hybridized carbons (Fsp3) is 0.438. The summed E-state index contributed by atoms with van der Waals surface area (Å²) in [6, 6.07) is 9.89. The lowest BCUT2D eigenvalue weighted by Gasteiger charge is -2.32. The van der Waals surface area contributed by atoms with Gasteiger partial charge in [-0.25, -0.2) is 0 Å². The number of nitrogens with one attached hydrogen (secondary N) is 1. The van der Waals surface area contributed by atoms with E-state index in [0.717, 1.165) is 25.1 Å². The molecule has 0 spiro atoms. The number of carbonyl (C=O) groups excluding carboxylic acids is 1. The van der Waals surface area contributed by atoms with Crippen LogP contribution in [0.3, 0.4) is 0 Å². The number of hydrogen-bond donors (Lipinski definition) is 1. The van der Waals surface area contributed by atoms with Crippen molar-refractivity contribution in [3.8, 4) is 0 Å². The van der Waals surface area contributed by atoms with Gasteiger partial charge in [-0.3, -0.25) is 4.79 Å². The maximum Gasteiger partial charge on any atom is 0.252 e. The Hall–Kier alpha value is -1.03. The SMILES string of the molecule is CCNC1CC(Cl)CC1N(C(=O)C=CCl)c1ccccc1. The lowest BCUT2D eigenvalue weighted by atomic mass is 10.1. The molecule has 114 valence electrons. The summed E-state index contributed by atoms with van der Waals surface area (Å²) in [5.74, 6) is -0.116. The van der Waals surface area contributed by atoms with Gasteiger partial charge in [-0.2, -0.15) is 0 Å². The topological polar surface area (TPSA) is 32.3 Å². The number of halogens is 2. The molecule has 1 aromatic carbocycles. The van der Waals surface area contributed by atoms with Crippen molar-refractivity contribution < 1.29 is 4.79 Å². The number of rotatable bonds is 5. The second-order valence-electron chi connectivity index (χ2n) is 5.14. The number of anilines is 1. The average molecular weight is 327 g/mol. The standard InChI is InChI=1S/C16H20Cl2N2O/c1-2-19-14-10-12(18)11-15(14)20(16(21)8-9-17)13-6-4-3-5-7-13/h3-9,12,14-15,19H,2,10-11H2,1H3. The zero-order valence-corrected chi connectivity index (χ0v) is 13.5. The van der Waals surface area contributed by atoms with E-state index in [0.29, 0.717) is 0 Å². The summed E-state index contributed by atoms with van der Waals surface area (Å²) in [4.78, 5) is 14.3. The van der Waals surface area contributed by atoms with E-state index in [1.165, 1.54) is 11.6 Å². The van der Waals surface area contributed by atoms with Crippen molar-refractivity contribution in [2.45, 2.75) is 37.2 Å². The van der Waals surface area contributed by atoms with Gasteiger partial charge in [0.15, 0.2) is 0 Å². The largest absolute Gasteiger partial charge is 0.312 e. The van der Waals surface area contributed by atoms with Crippen LogP contribution in [0.2, 0.25) is 0 Å². The summed E-state index contributed by atoms with van der Waals surface area (Å²) in [6.07, 6.45) is 3.02. The van der Waals surface area contributed by atoms with Crippen LogP contribution >= 0.6 is 23.2 Å². The summed E-state index contributed by atoms with van der Waals surface area (Å²) >= 11 is 11.9. The molecular weight excluding hydrogens is 307 g/mol. The maximum absolute atomic E-state index is 12.5. The van der Waals surface area contributed by atoms with Gasteiger partial charge >= 0.3 is 0 Å². The Labute approximate surface area is 135 Å². The monoisotopic (exact) mass is 326 g/mol. The first kappa shape index (κ1) is 16.3. The molecule has 2 rings (SSSR count). The normalized spacial score (nSPS) is 25.4. The summed E-state index contributed by atoms with van der Waals surface area (Å²) in [5.41, 5.74) is 2.13. The first-order chi connectivity index (χ1) is 10.2. The van der Waals surface area contributed by atoms with E-state index in [1.54, 1.807) is 4.90 Å². The fourth-order valence-electron chi connectivity index (χ4n) is 2.93. The predicted octanol–water partition coefficient (Wildman–Crippen LogP) is 3.52. The molecule has 1 aliphatic rings. The van der Waals surface area contributed by atoms with E-state index < -0.39 is 0 Å². The van der Waals surface area contributed by atoms with Gasteiger partial charge in [0.1, 0.15) is 0 Å². The van der Waals surface area contributed by atoms with E-state index in [2.05, 4.69) is 12.2 Å². The van der Waals surface area contributed by atoms with Gasteiger partial charge in [0.25, 0.3) is 5.91 Å². The minimum atomic E-state index is -0.116. The number of para-hydroxylation sites is 1. The predicted molar refractivity (Wildman–Crippen MR) is 89.0 cm³/mol. The van der Waals surface area contributed by atoms with Crippen LogP contribution in [0.15, 0.2) is 41.9 Å². The molecule has 21 heavy (non-hydrogen) atoms. The first-order valence-corrected chi connectivity index (χ1v) is 8.07. The van der Waals surface area contributed by atoms with Crippen molar-refractivity contribution >= 4 is 34.8 Å². The van der Waals surface area contributed by atoms with Crippen molar-refractivity contribution in [1.82, 2.24) is 5.32 Å². The highest BCUT2D eigenvalue weighted by Gasteiger charge is 2.38. The molecule has 0 radical (unpaired) electrons. The zero-order valence-electron chi connectivity index (χ0n) is 12.0.